The molecule has 2 aliphatic rings. The molecule has 184 valence electrons. The Morgan fingerprint density at radius 1 is 1.14 bits per heavy atom. The fourth-order valence-corrected chi connectivity index (χ4v) is 5.93. The highest BCUT2D eigenvalue weighted by Crippen LogP contribution is 2.40. The molecule has 1 aliphatic carbocycles. The lowest BCUT2D eigenvalue weighted by molar-refractivity contribution is -0.142. The van der Waals surface area contributed by atoms with Gasteiger partial charge in [-0.3, -0.25) is 4.79 Å². The normalized spacial score (nSPS) is 20.0. The average molecular weight is 496 g/mol. The summed E-state index contributed by atoms with van der Waals surface area (Å²) < 4.78 is 7.24. The molecule has 0 spiro atoms. The predicted molar refractivity (Wildman–Crippen MR) is 134 cm³/mol. The predicted octanol–water partition coefficient (Wildman–Crippen LogP) is 5.42. The minimum Gasteiger partial charge on any atom is -0.481 e. The second-order valence-electron chi connectivity index (χ2n) is 9.57. The SMILES string of the molecule is COC(=O)N1CCc2c(Cl)cc3c(nc([C@H]4CC[C@H](C(=O)O)CC4)n3CCc3ccccc3)c2C1. The van der Waals surface area contributed by atoms with Gasteiger partial charge in [-0.05, 0) is 55.7 Å². The lowest BCUT2D eigenvalue weighted by Crippen LogP contribution is -2.36. The van der Waals surface area contributed by atoms with Crippen LogP contribution in [0.1, 0.15) is 54.1 Å². The third kappa shape index (κ3) is 4.61. The number of aromatic nitrogens is 2. The summed E-state index contributed by atoms with van der Waals surface area (Å²) in [7, 11) is 1.40. The number of hydrogen-bond donors (Lipinski definition) is 1. The maximum Gasteiger partial charge on any atom is 0.409 e. The monoisotopic (exact) mass is 495 g/mol. The number of carboxylic acid groups (broad SMARTS) is 1. The number of amides is 1. The van der Waals surface area contributed by atoms with Gasteiger partial charge in [0.2, 0.25) is 0 Å². The number of fused-ring (bicyclic) bond motifs is 3. The highest BCUT2D eigenvalue weighted by molar-refractivity contribution is 6.32. The number of benzene rings is 2. The van der Waals surface area contributed by atoms with Crippen molar-refractivity contribution in [3.05, 3.63) is 63.9 Å². The highest BCUT2D eigenvalue weighted by Gasteiger charge is 2.32. The molecule has 7 nitrogen and oxygen atoms in total. The maximum absolute atomic E-state index is 12.3. The van der Waals surface area contributed by atoms with Crippen LogP contribution in [0.4, 0.5) is 4.79 Å². The van der Waals surface area contributed by atoms with Crippen LogP contribution in [-0.4, -0.2) is 45.3 Å². The van der Waals surface area contributed by atoms with Crippen molar-refractivity contribution in [3.8, 4) is 0 Å². The van der Waals surface area contributed by atoms with Gasteiger partial charge in [0.1, 0.15) is 5.82 Å². The van der Waals surface area contributed by atoms with Gasteiger partial charge >= 0.3 is 12.1 Å². The van der Waals surface area contributed by atoms with Crippen LogP contribution >= 0.6 is 11.6 Å². The summed E-state index contributed by atoms with van der Waals surface area (Å²) in [6, 6.07) is 12.4. The van der Waals surface area contributed by atoms with E-state index < -0.39 is 5.97 Å². The standard InChI is InChI=1S/C27H30ClN3O4/c1-35-27(34)30-13-12-20-21(16-30)24-23(15-22(20)28)31(14-11-17-5-3-2-4-6-17)25(29-24)18-7-9-19(10-8-18)26(32)33/h2-6,15,18-19H,7-14,16H2,1H3,(H,32,33)/t18-,19-. The number of nitrogens with zero attached hydrogens (tertiary/aromatic N) is 3. The molecule has 1 aliphatic heterocycles. The zero-order valence-corrected chi connectivity index (χ0v) is 20.6. The third-order valence-corrected chi connectivity index (χ3v) is 7.90. The largest absolute Gasteiger partial charge is 0.481 e. The van der Waals surface area contributed by atoms with E-state index in [0.717, 1.165) is 53.8 Å². The van der Waals surface area contributed by atoms with Crippen LogP contribution in [0.25, 0.3) is 11.0 Å². The van der Waals surface area contributed by atoms with Gasteiger partial charge in [-0.25, -0.2) is 9.78 Å². The Labute approximate surface area is 209 Å². The van der Waals surface area contributed by atoms with E-state index in [9.17, 15) is 14.7 Å². The van der Waals surface area contributed by atoms with Crippen molar-refractivity contribution in [2.75, 3.05) is 13.7 Å². The van der Waals surface area contributed by atoms with Gasteiger partial charge in [-0.15, -0.1) is 0 Å². The van der Waals surface area contributed by atoms with Gasteiger partial charge in [0, 0.05) is 29.6 Å². The Hall–Kier alpha value is -3.06. The number of hydrogen-bond acceptors (Lipinski definition) is 4. The molecule has 1 N–H and O–H groups in total. The topological polar surface area (TPSA) is 84.7 Å². The number of imidazole rings is 1. The molecule has 8 heteroatoms. The van der Waals surface area contributed by atoms with Crippen molar-refractivity contribution < 1.29 is 19.4 Å². The number of carboxylic acids is 1. The van der Waals surface area contributed by atoms with Gasteiger partial charge < -0.3 is 19.3 Å². The summed E-state index contributed by atoms with van der Waals surface area (Å²) in [5.74, 6) is 0.219. The van der Waals surface area contributed by atoms with Crippen LogP contribution in [0.15, 0.2) is 36.4 Å². The van der Waals surface area contributed by atoms with Crippen LogP contribution < -0.4 is 0 Å². The van der Waals surface area contributed by atoms with Crippen molar-refractivity contribution >= 4 is 34.7 Å². The summed E-state index contributed by atoms with van der Waals surface area (Å²) >= 11 is 6.78. The Bertz CT molecular complexity index is 1250. The zero-order chi connectivity index (χ0) is 24.5. The van der Waals surface area contributed by atoms with E-state index in [-0.39, 0.29) is 17.9 Å². The molecular formula is C27H30ClN3O4. The van der Waals surface area contributed by atoms with Crippen LogP contribution in [0.5, 0.6) is 0 Å². The quantitative estimate of drug-likeness (QED) is 0.511. The molecule has 1 amide bonds. The first-order valence-corrected chi connectivity index (χ1v) is 12.6. The number of aryl methyl sites for hydroxylation is 2. The molecule has 35 heavy (non-hydrogen) atoms. The molecule has 3 aromatic rings. The van der Waals surface area contributed by atoms with Crippen LogP contribution in [0, 0.1) is 5.92 Å². The third-order valence-electron chi connectivity index (χ3n) is 7.56. The van der Waals surface area contributed by atoms with E-state index in [0.29, 0.717) is 37.4 Å². The molecule has 1 saturated carbocycles. The molecule has 1 fully saturated rings. The summed E-state index contributed by atoms with van der Waals surface area (Å²) in [4.78, 5) is 30.6. The number of halogens is 1. The molecule has 2 aromatic carbocycles. The summed E-state index contributed by atoms with van der Waals surface area (Å²) in [6.07, 6.45) is 4.10. The average Bonchev–Trinajstić information content (AvgIpc) is 3.25. The van der Waals surface area contributed by atoms with Gasteiger partial charge in [0.15, 0.2) is 0 Å². The Balaban J connectivity index is 1.56. The zero-order valence-electron chi connectivity index (χ0n) is 19.9. The molecule has 0 saturated heterocycles. The molecule has 0 radical (unpaired) electrons. The molecule has 0 bridgehead atoms. The first-order chi connectivity index (χ1) is 17.0. The van der Waals surface area contributed by atoms with Gasteiger partial charge in [-0.2, -0.15) is 0 Å². The summed E-state index contributed by atoms with van der Waals surface area (Å²) in [5.41, 5.74) is 5.15. The highest BCUT2D eigenvalue weighted by atomic mass is 35.5. The van der Waals surface area contributed by atoms with Crippen molar-refractivity contribution in [1.82, 2.24) is 14.5 Å². The van der Waals surface area contributed by atoms with Crippen molar-refractivity contribution in [1.29, 1.82) is 0 Å². The van der Waals surface area contributed by atoms with Crippen molar-refractivity contribution in [3.63, 3.8) is 0 Å². The van der Waals surface area contributed by atoms with Crippen LogP contribution in [0.3, 0.4) is 0 Å². The summed E-state index contributed by atoms with van der Waals surface area (Å²) in [6.45, 7) is 1.73. The van der Waals surface area contributed by atoms with E-state index >= 15 is 0 Å². The van der Waals surface area contributed by atoms with E-state index in [1.807, 2.05) is 24.3 Å². The van der Waals surface area contributed by atoms with Crippen LogP contribution in [-0.2, 0) is 35.5 Å². The fourth-order valence-electron chi connectivity index (χ4n) is 5.62. The number of aliphatic carboxylic acids is 1. The lowest BCUT2D eigenvalue weighted by Gasteiger charge is -2.28. The van der Waals surface area contributed by atoms with Crippen molar-refractivity contribution in [2.45, 2.75) is 57.5 Å². The molecule has 1 aromatic heterocycles. The molecule has 2 heterocycles. The van der Waals surface area contributed by atoms with Crippen LogP contribution in [0.2, 0.25) is 5.02 Å². The van der Waals surface area contributed by atoms with Crippen molar-refractivity contribution in [2.24, 2.45) is 5.92 Å². The van der Waals surface area contributed by atoms with Gasteiger partial charge in [0.05, 0.1) is 30.6 Å². The number of carbonyl (C=O) groups is 2. The molecule has 0 atom stereocenters. The number of ether oxygens (including phenoxy) is 1. The van der Waals surface area contributed by atoms with E-state index in [2.05, 4.69) is 16.7 Å². The molecular weight excluding hydrogens is 466 g/mol. The number of rotatable bonds is 5. The Morgan fingerprint density at radius 2 is 1.89 bits per heavy atom. The molecule has 5 rings (SSSR count). The fraction of sp³-hybridized carbons (Fsp3) is 0.444. The smallest absolute Gasteiger partial charge is 0.409 e. The van der Waals surface area contributed by atoms with E-state index in [1.54, 1.807) is 4.90 Å². The second kappa shape index (κ2) is 9.90. The van der Waals surface area contributed by atoms with Gasteiger partial charge in [-0.1, -0.05) is 41.9 Å². The number of methoxy groups -OCH3 is 1. The minimum absolute atomic E-state index is 0.198. The van der Waals surface area contributed by atoms with E-state index in [1.165, 1.54) is 12.7 Å². The number of carbonyl (C=O) groups excluding carboxylic acids is 1. The first-order valence-electron chi connectivity index (χ1n) is 12.3. The molecule has 0 unspecified atom stereocenters. The maximum atomic E-state index is 12.3. The Morgan fingerprint density at radius 3 is 2.57 bits per heavy atom. The Kier molecular flexibility index (Phi) is 6.69. The van der Waals surface area contributed by atoms with Gasteiger partial charge in [0.25, 0.3) is 0 Å². The lowest BCUT2D eigenvalue weighted by atomic mass is 9.81. The van der Waals surface area contributed by atoms with E-state index in [4.69, 9.17) is 21.3 Å². The summed E-state index contributed by atoms with van der Waals surface area (Å²) in [5, 5.41) is 10.2. The first kappa shape index (κ1) is 23.7. The minimum atomic E-state index is -0.704. The second-order valence-corrected chi connectivity index (χ2v) is 9.98.